The fraction of sp³-hybridized carbons (Fsp3) is 1.00. The summed E-state index contributed by atoms with van der Waals surface area (Å²) in [5, 5.41) is 8.98. The van der Waals surface area contributed by atoms with Crippen molar-refractivity contribution in [3.05, 3.63) is 0 Å². The van der Waals surface area contributed by atoms with Crippen LogP contribution < -0.4 is 0 Å². The third kappa shape index (κ3) is 4.24. The molecule has 2 fully saturated rings. The highest BCUT2D eigenvalue weighted by atomic mass is 16.2. The molecule has 2 nitrogen and oxygen atoms in total. The highest BCUT2D eigenvalue weighted by Crippen LogP contribution is 2.30. The van der Waals surface area contributed by atoms with Gasteiger partial charge >= 0.3 is 0 Å². The lowest BCUT2D eigenvalue weighted by molar-refractivity contribution is 0.0773. The monoisotopic (exact) mass is 253 g/mol. The largest absolute Gasteiger partial charge is 0.396 e. The van der Waals surface area contributed by atoms with Gasteiger partial charge in [-0.15, -0.1) is 0 Å². The predicted octanol–water partition coefficient (Wildman–Crippen LogP) is 3.73. The quantitative estimate of drug-likeness (QED) is 0.729. The maximum Gasteiger partial charge on any atom is 0.0431 e. The number of aliphatic hydroxyl groups is 1. The molecule has 2 rings (SSSR count). The first-order valence-corrected chi connectivity index (χ1v) is 8.28. The van der Waals surface area contributed by atoms with Gasteiger partial charge in [-0.1, -0.05) is 38.5 Å². The van der Waals surface area contributed by atoms with E-state index in [1.165, 1.54) is 77.2 Å². The van der Waals surface area contributed by atoms with Crippen LogP contribution in [-0.2, 0) is 0 Å². The van der Waals surface area contributed by atoms with Gasteiger partial charge in [0.25, 0.3) is 0 Å². The van der Waals surface area contributed by atoms with Crippen molar-refractivity contribution in [2.24, 2.45) is 0 Å². The minimum Gasteiger partial charge on any atom is -0.396 e. The topological polar surface area (TPSA) is 23.5 Å². The zero-order chi connectivity index (χ0) is 12.6. The van der Waals surface area contributed by atoms with Crippen LogP contribution in [-0.4, -0.2) is 35.2 Å². The molecular formula is C16H31NO. The van der Waals surface area contributed by atoms with Crippen LogP contribution in [0.25, 0.3) is 0 Å². The molecule has 0 bridgehead atoms. The predicted molar refractivity (Wildman–Crippen MR) is 76.8 cm³/mol. The molecule has 18 heavy (non-hydrogen) atoms. The minimum atomic E-state index is 0.364. The van der Waals surface area contributed by atoms with Gasteiger partial charge in [0.15, 0.2) is 0 Å². The van der Waals surface area contributed by atoms with E-state index >= 15 is 0 Å². The second kappa shape index (κ2) is 8.16. The molecule has 2 aliphatic rings. The Morgan fingerprint density at radius 1 is 0.722 bits per heavy atom. The van der Waals surface area contributed by atoms with Gasteiger partial charge in [-0.2, -0.15) is 0 Å². The van der Waals surface area contributed by atoms with Crippen molar-refractivity contribution in [3.63, 3.8) is 0 Å². The number of aliphatic hydroxyl groups excluding tert-OH is 1. The van der Waals surface area contributed by atoms with Gasteiger partial charge in [0.2, 0.25) is 0 Å². The Labute approximate surface area is 113 Å². The summed E-state index contributed by atoms with van der Waals surface area (Å²) in [6.45, 7) is 1.60. The van der Waals surface area contributed by atoms with Gasteiger partial charge < -0.3 is 5.11 Å². The zero-order valence-corrected chi connectivity index (χ0v) is 11.9. The van der Waals surface area contributed by atoms with E-state index in [0.29, 0.717) is 6.61 Å². The van der Waals surface area contributed by atoms with Crippen LogP contribution in [0.4, 0.5) is 0 Å². The van der Waals surface area contributed by atoms with E-state index in [1.807, 2.05) is 0 Å². The van der Waals surface area contributed by atoms with Crippen LogP contribution >= 0.6 is 0 Å². The molecule has 0 saturated heterocycles. The van der Waals surface area contributed by atoms with Gasteiger partial charge in [-0.25, -0.2) is 0 Å². The second-order valence-corrected chi connectivity index (χ2v) is 6.25. The lowest BCUT2D eigenvalue weighted by Crippen LogP contribution is -2.45. The molecule has 0 aromatic rings. The fourth-order valence-corrected chi connectivity index (χ4v) is 3.89. The molecule has 0 aromatic heterocycles. The lowest BCUT2D eigenvalue weighted by Gasteiger charge is -2.41. The van der Waals surface area contributed by atoms with E-state index in [1.54, 1.807) is 0 Å². The first-order valence-electron chi connectivity index (χ1n) is 8.28. The van der Waals surface area contributed by atoms with Crippen LogP contribution in [0.5, 0.6) is 0 Å². The standard InChI is InChI=1S/C16H31NO/c18-14-8-7-13-17(15-9-3-1-4-10-15)16-11-5-2-6-12-16/h15-16,18H,1-14H2. The van der Waals surface area contributed by atoms with E-state index in [0.717, 1.165) is 18.5 Å². The molecule has 0 amide bonds. The Morgan fingerprint density at radius 2 is 1.22 bits per heavy atom. The maximum absolute atomic E-state index is 8.98. The lowest BCUT2D eigenvalue weighted by atomic mass is 9.88. The number of rotatable bonds is 6. The molecular weight excluding hydrogens is 222 g/mol. The molecule has 0 aromatic carbocycles. The van der Waals surface area contributed by atoms with Crippen molar-refractivity contribution in [3.8, 4) is 0 Å². The first kappa shape index (κ1) is 14.3. The Bertz CT molecular complexity index is 189. The van der Waals surface area contributed by atoms with E-state index in [2.05, 4.69) is 4.90 Å². The van der Waals surface area contributed by atoms with Crippen LogP contribution in [0.2, 0.25) is 0 Å². The molecule has 0 aliphatic heterocycles. The van der Waals surface area contributed by atoms with Crippen LogP contribution in [0.15, 0.2) is 0 Å². The summed E-state index contributed by atoms with van der Waals surface area (Å²) in [4.78, 5) is 2.84. The number of hydrogen-bond acceptors (Lipinski definition) is 2. The molecule has 2 saturated carbocycles. The highest BCUT2D eigenvalue weighted by molar-refractivity contribution is 4.83. The highest BCUT2D eigenvalue weighted by Gasteiger charge is 2.28. The fourth-order valence-electron chi connectivity index (χ4n) is 3.89. The van der Waals surface area contributed by atoms with Crippen LogP contribution in [0.1, 0.15) is 77.0 Å². The molecule has 1 N–H and O–H groups in total. The molecule has 0 spiro atoms. The molecule has 0 unspecified atom stereocenters. The Kier molecular flexibility index (Phi) is 6.50. The van der Waals surface area contributed by atoms with E-state index in [-0.39, 0.29) is 0 Å². The van der Waals surface area contributed by atoms with Crippen molar-refractivity contribution < 1.29 is 5.11 Å². The summed E-state index contributed by atoms with van der Waals surface area (Å²) >= 11 is 0. The normalized spacial score (nSPS) is 23.7. The van der Waals surface area contributed by atoms with Gasteiger partial charge in [0.05, 0.1) is 0 Å². The Balaban J connectivity index is 1.87. The summed E-state index contributed by atoms with van der Waals surface area (Å²) in [6.07, 6.45) is 16.5. The van der Waals surface area contributed by atoms with Crippen molar-refractivity contribution in [2.45, 2.75) is 89.1 Å². The van der Waals surface area contributed by atoms with Crippen LogP contribution in [0.3, 0.4) is 0 Å². The molecule has 0 atom stereocenters. The van der Waals surface area contributed by atoms with E-state index in [4.69, 9.17) is 5.11 Å². The Hall–Kier alpha value is -0.0800. The molecule has 106 valence electrons. The zero-order valence-electron chi connectivity index (χ0n) is 11.9. The van der Waals surface area contributed by atoms with Crippen molar-refractivity contribution in [2.75, 3.05) is 13.2 Å². The average Bonchev–Trinajstić information content (AvgIpc) is 2.46. The third-order valence-electron chi connectivity index (χ3n) is 4.91. The summed E-state index contributed by atoms with van der Waals surface area (Å²) < 4.78 is 0. The average molecular weight is 253 g/mol. The van der Waals surface area contributed by atoms with Gasteiger partial charge in [0, 0.05) is 18.7 Å². The van der Waals surface area contributed by atoms with Crippen molar-refractivity contribution in [1.82, 2.24) is 4.90 Å². The van der Waals surface area contributed by atoms with E-state index < -0.39 is 0 Å². The maximum atomic E-state index is 8.98. The van der Waals surface area contributed by atoms with Crippen molar-refractivity contribution in [1.29, 1.82) is 0 Å². The van der Waals surface area contributed by atoms with E-state index in [9.17, 15) is 0 Å². The first-order chi connectivity index (χ1) is 8.92. The summed E-state index contributed by atoms with van der Waals surface area (Å²) in [5.74, 6) is 0. The Morgan fingerprint density at radius 3 is 1.67 bits per heavy atom. The molecule has 0 heterocycles. The van der Waals surface area contributed by atoms with Gasteiger partial charge in [-0.05, 0) is 45.1 Å². The van der Waals surface area contributed by atoms with Crippen LogP contribution in [0, 0.1) is 0 Å². The van der Waals surface area contributed by atoms with Gasteiger partial charge in [-0.3, -0.25) is 4.90 Å². The SMILES string of the molecule is OCCCCN(C1CCCCC1)C1CCCCC1. The number of unbranched alkanes of at least 4 members (excludes halogenated alkanes) is 1. The smallest absolute Gasteiger partial charge is 0.0431 e. The summed E-state index contributed by atoms with van der Waals surface area (Å²) in [5.41, 5.74) is 0. The number of hydrogen-bond donors (Lipinski definition) is 1. The summed E-state index contributed by atoms with van der Waals surface area (Å²) in [6, 6.07) is 1.72. The minimum absolute atomic E-state index is 0.364. The second-order valence-electron chi connectivity index (χ2n) is 6.25. The van der Waals surface area contributed by atoms with Gasteiger partial charge in [0.1, 0.15) is 0 Å². The summed E-state index contributed by atoms with van der Waals surface area (Å²) in [7, 11) is 0. The molecule has 0 radical (unpaired) electrons. The van der Waals surface area contributed by atoms with Crippen molar-refractivity contribution >= 4 is 0 Å². The number of nitrogens with zero attached hydrogens (tertiary/aromatic N) is 1. The third-order valence-corrected chi connectivity index (χ3v) is 4.91. The molecule has 2 heteroatoms. The molecule has 2 aliphatic carbocycles.